The minimum absolute atomic E-state index is 0.276. The summed E-state index contributed by atoms with van der Waals surface area (Å²) < 4.78 is 0. The van der Waals surface area contributed by atoms with Crippen molar-refractivity contribution in [1.82, 2.24) is 35.2 Å². The Morgan fingerprint density at radius 2 is 1.76 bits per heavy atom. The molecule has 0 atom stereocenters. The van der Waals surface area contributed by atoms with Crippen molar-refractivity contribution in [3.05, 3.63) is 108 Å². The second-order valence-electron chi connectivity index (χ2n) is 8.50. The van der Waals surface area contributed by atoms with Crippen LogP contribution in [0.4, 0.5) is 11.5 Å². The standard InChI is InChI=1S/C28H24N8O/c1-18-10-23(17-30-12-18)35-26-11-19(2)34-27(36-26)22-6-8-25(32-16-22)28(37)33-14-20-5-7-24(31-13-20)21-4-3-9-29-15-21/h3-13,15-17H,14H2,1-2H3,(H,33,37)(H,34,35,36). The molecule has 0 radical (unpaired) electrons. The van der Waals surface area contributed by atoms with Crippen molar-refractivity contribution in [1.29, 1.82) is 0 Å². The molecule has 9 nitrogen and oxygen atoms in total. The van der Waals surface area contributed by atoms with E-state index in [0.717, 1.165) is 33.8 Å². The van der Waals surface area contributed by atoms with Gasteiger partial charge in [0.15, 0.2) is 5.82 Å². The van der Waals surface area contributed by atoms with Crippen LogP contribution in [-0.4, -0.2) is 35.8 Å². The van der Waals surface area contributed by atoms with Crippen LogP contribution in [0.2, 0.25) is 0 Å². The number of pyridine rings is 4. The Kier molecular flexibility index (Phi) is 6.84. The molecule has 9 heteroatoms. The van der Waals surface area contributed by atoms with Crippen molar-refractivity contribution in [2.24, 2.45) is 0 Å². The maximum absolute atomic E-state index is 12.6. The highest BCUT2D eigenvalue weighted by atomic mass is 16.1. The summed E-state index contributed by atoms with van der Waals surface area (Å²) in [5.41, 5.74) is 6.36. The van der Waals surface area contributed by atoms with Gasteiger partial charge in [-0.15, -0.1) is 0 Å². The summed E-state index contributed by atoms with van der Waals surface area (Å²) in [5.74, 6) is 0.893. The number of carbonyl (C=O) groups excluding carboxylic acids is 1. The van der Waals surface area contributed by atoms with E-state index < -0.39 is 0 Å². The largest absolute Gasteiger partial charge is 0.347 e. The third-order valence-electron chi connectivity index (χ3n) is 5.49. The molecule has 0 aliphatic carbocycles. The average Bonchev–Trinajstić information content (AvgIpc) is 2.92. The van der Waals surface area contributed by atoms with E-state index in [-0.39, 0.29) is 5.91 Å². The van der Waals surface area contributed by atoms with Gasteiger partial charge in [-0.05, 0) is 61.4 Å². The Morgan fingerprint density at radius 3 is 2.49 bits per heavy atom. The summed E-state index contributed by atoms with van der Waals surface area (Å²) in [6.07, 6.45) is 10.4. The van der Waals surface area contributed by atoms with Gasteiger partial charge in [-0.25, -0.2) is 9.97 Å². The van der Waals surface area contributed by atoms with Gasteiger partial charge in [0.1, 0.15) is 11.5 Å². The van der Waals surface area contributed by atoms with Gasteiger partial charge in [0, 0.05) is 60.4 Å². The Morgan fingerprint density at radius 1 is 0.838 bits per heavy atom. The summed E-state index contributed by atoms with van der Waals surface area (Å²) in [4.78, 5) is 38.9. The van der Waals surface area contributed by atoms with Crippen molar-refractivity contribution < 1.29 is 4.79 Å². The fourth-order valence-electron chi connectivity index (χ4n) is 3.68. The van der Waals surface area contributed by atoms with E-state index in [1.54, 1.807) is 49.3 Å². The molecule has 0 aliphatic rings. The molecular formula is C28H24N8O. The number of rotatable bonds is 7. The Bertz CT molecular complexity index is 1520. The Hall–Kier alpha value is -5.05. The first-order valence-corrected chi connectivity index (χ1v) is 11.7. The molecule has 182 valence electrons. The van der Waals surface area contributed by atoms with Crippen LogP contribution in [0.15, 0.2) is 85.7 Å². The minimum Gasteiger partial charge on any atom is -0.347 e. The molecule has 5 heterocycles. The zero-order valence-electron chi connectivity index (χ0n) is 20.4. The zero-order chi connectivity index (χ0) is 25.6. The van der Waals surface area contributed by atoms with Crippen LogP contribution in [0.1, 0.15) is 27.3 Å². The number of anilines is 2. The van der Waals surface area contributed by atoms with Crippen LogP contribution in [0, 0.1) is 13.8 Å². The molecule has 37 heavy (non-hydrogen) atoms. The lowest BCUT2D eigenvalue weighted by molar-refractivity contribution is 0.0946. The van der Waals surface area contributed by atoms with Gasteiger partial charge in [0.25, 0.3) is 5.91 Å². The van der Waals surface area contributed by atoms with Crippen molar-refractivity contribution in [2.45, 2.75) is 20.4 Å². The van der Waals surface area contributed by atoms with Crippen LogP contribution in [0.3, 0.4) is 0 Å². The van der Waals surface area contributed by atoms with Crippen molar-refractivity contribution in [2.75, 3.05) is 5.32 Å². The smallest absolute Gasteiger partial charge is 0.270 e. The molecule has 5 aromatic rings. The summed E-state index contributed by atoms with van der Waals surface area (Å²) in [6.45, 7) is 4.22. The lowest BCUT2D eigenvalue weighted by atomic mass is 10.1. The molecule has 0 unspecified atom stereocenters. The van der Waals surface area contributed by atoms with E-state index in [0.29, 0.717) is 29.4 Å². The molecule has 0 spiro atoms. The first-order valence-electron chi connectivity index (χ1n) is 11.7. The Balaban J connectivity index is 1.23. The first-order chi connectivity index (χ1) is 18.0. The normalized spacial score (nSPS) is 10.6. The second kappa shape index (κ2) is 10.7. The van der Waals surface area contributed by atoms with E-state index in [1.165, 1.54) is 0 Å². The summed E-state index contributed by atoms with van der Waals surface area (Å²) in [7, 11) is 0. The number of aryl methyl sites for hydroxylation is 2. The summed E-state index contributed by atoms with van der Waals surface area (Å²) in [6, 6.07) is 15.0. The van der Waals surface area contributed by atoms with E-state index in [9.17, 15) is 4.79 Å². The zero-order valence-corrected chi connectivity index (χ0v) is 20.4. The molecule has 0 bridgehead atoms. The number of carbonyl (C=O) groups is 1. The van der Waals surface area contributed by atoms with Crippen LogP contribution in [0.25, 0.3) is 22.6 Å². The van der Waals surface area contributed by atoms with E-state index in [1.807, 2.05) is 50.2 Å². The number of nitrogens with zero attached hydrogens (tertiary/aromatic N) is 6. The molecule has 5 rings (SSSR count). The van der Waals surface area contributed by atoms with Gasteiger partial charge in [-0.2, -0.15) is 0 Å². The quantitative estimate of drug-likeness (QED) is 0.339. The number of nitrogens with one attached hydrogen (secondary N) is 2. The van der Waals surface area contributed by atoms with E-state index in [4.69, 9.17) is 0 Å². The van der Waals surface area contributed by atoms with Crippen LogP contribution < -0.4 is 10.6 Å². The fourth-order valence-corrected chi connectivity index (χ4v) is 3.68. The molecule has 0 saturated carbocycles. The second-order valence-corrected chi connectivity index (χ2v) is 8.50. The number of hydrogen-bond donors (Lipinski definition) is 2. The highest BCUT2D eigenvalue weighted by Crippen LogP contribution is 2.21. The predicted octanol–water partition coefficient (Wildman–Crippen LogP) is 4.68. The highest BCUT2D eigenvalue weighted by Gasteiger charge is 2.11. The predicted molar refractivity (Wildman–Crippen MR) is 141 cm³/mol. The van der Waals surface area contributed by atoms with Crippen LogP contribution in [-0.2, 0) is 6.54 Å². The number of hydrogen-bond acceptors (Lipinski definition) is 8. The van der Waals surface area contributed by atoms with Crippen LogP contribution >= 0.6 is 0 Å². The number of amides is 1. The molecule has 0 saturated heterocycles. The molecule has 5 aromatic heterocycles. The average molecular weight is 489 g/mol. The van der Waals surface area contributed by atoms with Gasteiger partial charge in [-0.3, -0.25) is 24.7 Å². The van der Waals surface area contributed by atoms with Gasteiger partial charge >= 0.3 is 0 Å². The highest BCUT2D eigenvalue weighted by molar-refractivity contribution is 5.92. The molecule has 0 aliphatic heterocycles. The SMILES string of the molecule is Cc1cncc(Nc2cc(C)nc(-c3ccc(C(=O)NCc4ccc(-c5cccnc5)nc4)nc3)n2)c1. The fraction of sp³-hybridized carbons (Fsp3) is 0.107. The molecule has 0 aromatic carbocycles. The topological polar surface area (TPSA) is 118 Å². The summed E-state index contributed by atoms with van der Waals surface area (Å²) >= 11 is 0. The number of aromatic nitrogens is 6. The monoisotopic (exact) mass is 488 g/mol. The molecular weight excluding hydrogens is 464 g/mol. The van der Waals surface area contributed by atoms with E-state index >= 15 is 0 Å². The molecule has 2 N–H and O–H groups in total. The van der Waals surface area contributed by atoms with Crippen molar-refractivity contribution in [3.63, 3.8) is 0 Å². The molecule has 0 fully saturated rings. The Labute approximate surface area is 214 Å². The maximum Gasteiger partial charge on any atom is 0.270 e. The van der Waals surface area contributed by atoms with Gasteiger partial charge in [0.05, 0.1) is 17.6 Å². The van der Waals surface area contributed by atoms with Crippen LogP contribution in [0.5, 0.6) is 0 Å². The van der Waals surface area contributed by atoms with E-state index in [2.05, 4.69) is 40.5 Å². The van der Waals surface area contributed by atoms with Gasteiger partial charge in [0.2, 0.25) is 0 Å². The van der Waals surface area contributed by atoms with Crippen molar-refractivity contribution >= 4 is 17.4 Å². The lowest BCUT2D eigenvalue weighted by Crippen LogP contribution is -2.23. The third kappa shape index (κ3) is 5.96. The molecule has 1 amide bonds. The van der Waals surface area contributed by atoms with Gasteiger partial charge in [-0.1, -0.05) is 6.07 Å². The maximum atomic E-state index is 12.6. The third-order valence-corrected chi connectivity index (χ3v) is 5.49. The first kappa shape index (κ1) is 23.7. The van der Waals surface area contributed by atoms with Crippen molar-refractivity contribution in [3.8, 4) is 22.6 Å². The summed E-state index contributed by atoms with van der Waals surface area (Å²) in [5, 5.41) is 6.15. The lowest BCUT2D eigenvalue weighted by Gasteiger charge is -2.09. The van der Waals surface area contributed by atoms with Gasteiger partial charge < -0.3 is 10.6 Å². The minimum atomic E-state index is -0.276.